The fraction of sp³-hybridized carbons (Fsp3) is 0.457. The van der Waals surface area contributed by atoms with Gasteiger partial charge in [-0.25, -0.2) is 4.79 Å². The minimum absolute atomic E-state index is 0.00480. The van der Waals surface area contributed by atoms with Crippen molar-refractivity contribution in [1.29, 1.82) is 0 Å². The molecule has 2 aromatic rings. The fourth-order valence-electron chi connectivity index (χ4n) is 4.88. The highest BCUT2D eigenvalue weighted by molar-refractivity contribution is 6.36. The van der Waals surface area contributed by atoms with E-state index < -0.39 is 77.6 Å². The average Bonchev–Trinajstić information content (AvgIpc) is 3.12. The second-order valence-electron chi connectivity index (χ2n) is 12.1. The summed E-state index contributed by atoms with van der Waals surface area (Å²) >= 11 is 5.96. The number of methoxy groups -OCH3 is 1. The molecule has 0 saturated carbocycles. The van der Waals surface area contributed by atoms with Crippen LogP contribution in [0.5, 0.6) is 0 Å². The Labute approximate surface area is 307 Å². The van der Waals surface area contributed by atoms with Gasteiger partial charge in [-0.1, -0.05) is 35.9 Å². The van der Waals surface area contributed by atoms with E-state index in [0.717, 1.165) is 18.2 Å². The minimum Gasteiger partial charge on any atom is -0.463 e. The Hall–Kier alpha value is -4.90. The van der Waals surface area contributed by atoms with Crippen LogP contribution in [0, 0.1) is 0 Å². The van der Waals surface area contributed by atoms with Crippen LogP contribution in [0.25, 0.3) is 11.1 Å². The van der Waals surface area contributed by atoms with Gasteiger partial charge in [-0.05, 0) is 94.9 Å². The molecule has 0 aliphatic heterocycles. The number of ketones is 1. The molecule has 6 unspecified atom stereocenters. The van der Waals surface area contributed by atoms with E-state index in [2.05, 4.69) is 31.3 Å². The molecule has 2 aromatic carbocycles. The molecule has 0 spiro atoms. The van der Waals surface area contributed by atoms with E-state index in [1.807, 2.05) is 12.1 Å². The summed E-state index contributed by atoms with van der Waals surface area (Å²) in [6, 6.07) is 7.43. The summed E-state index contributed by atoms with van der Waals surface area (Å²) in [5, 5.41) is 23.3. The first kappa shape index (κ1) is 43.3. The molecule has 0 aromatic heterocycles. The zero-order chi connectivity index (χ0) is 39.0. The number of carbonyl (C=O) groups is 7. The first-order valence-electron chi connectivity index (χ1n) is 16.7. The van der Waals surface area contributed by atoms with Gasteiger partial charge in [-0.15, -0.1) is 0 Å². The third-order valence-corrected chi connectivity index (χ3v) is 8.19. The molecule has 0 radical (unpaired) electrons. The van der Waals surface area contributed by atoms with E-state index in [1.54, 1.807) is 36.4 Å². The van der Waals surface area contributed by atoms with Crippen molar-refractivity contribution < 1.29 is 43.4 Å². The normalized spacial score (nSPS) is 14.3. The Kier molecular flexibility index (Phi) is 17.9. The molecular weight excluding hydrogens is 698 g/mol. The maximum Gasteiger partial charge on any atom is 0.376 e. The van der Waals surface area contributed by atoms with Crippen molar-refractivity contribution in [2.24, 2.45) is 11.5 Å². The van der Waals surface area contributed by atoms with Crippen LogP contribution in [-0.2, 0) is 33.5 Å². The van der Waals surface area contributed by atoms with Crippen LogP contribution in [0.3, 0.4) is 0 Å². The summed E-state index contributed by atoms with van der Waals surface area (Å²) in [5.74, 6) is -6.00. The fourth-order valence-corrected chi connectivity index (χ4v) is 5.00. The van der Waals surface area contributed by atoms with Crippen LogP contribution < -0.4 is 38.1 Å². The summed E-state index contributed by atoms with van der Waals surface area (Å²) in [4.78, 5) is 89.3. The lowest BCUT2D eigenvalue weighted by Gasteiger charge is -2.26. The molecule has 0 saturated heterocycles. The zero-order valence-electron chi connectivity index (χ0n) is 29.6. The lowest BCUT2D eigenvalue weighted by Crippen LogP contribution is -2.60. The number of rotatable bonds is 20. The summed E-state index contributed by atoms with van der Waals surface area (Å²) in [6.07, 6.45) is -0.342. The SMILES string of the molecule is COC(=O)C(=O)C(C)NC(=O)C(CCCCN)NC(=O)C(C)NC(=O)C(NC(=O)C(CCN)NC(=O)c1ccc(-c2ccc(Cl)cc2)cc1)C(C)O. The van der Waals surface area contributed by atoms with Gasteiger partial charge in [0.2, 0.25) is 23.6 Å². The van der Waals surface area contributed by atoms with Crippen LogP contribution in [0.2, 0.25) is 5.02 Å². The van der Waals surface area contributed by atoms with Gasteiger partial charge >= 0.3 is 5.97 Å². The number of nitrogens with two attached hydrogens (primary N) is 2. The minimum atomic E-state index is -1.55. The molecule has 5 amide bonds. The second kappa shape index (κ2) is 21.5. The number of hydrogen-bond acceptors (Lipinski definition) is 11. The lowest BCUT2D eigenvalue weighted by molar-refractivity contribution is -0.152. The zero-order valence-corrected chi connectivity index (χ0v) is 30.3. The molecule has 52 heavy (non-hydrogen) atoms. The van der Waals surface area contributed by atoms with Gasteiger partial charge in [0.1, 0.15) is 24.2 Å². The number of hydrogen-bond donors (Lipinski definition) is 8. The summed E-state index contributed by atoms with van der Waals surface area (Å²) in [6.45, 7) is 4.19. The van der Waals surface area contributed by atoms with E-state index in [0.29, 0.717) is 24.4 Å². The van der Waals surface area contributed by atoms with E-state index in [9.17, 15) is 38.7 Å². The highest BCUT2D eigenvalue weighted by Gasteiger charge is 2.33. The smallest absolute Gasteiger partial charge is 0.376 e. The Morgan fingerprint density at radius 3 is 1.75 bits per heavy atom. The molecule has 0 heterocycles. The number of carbonyl (C=O) groups excluding carboxylic acids is 7. The predicted octanol–water partition coefficient (Wildman–Crippen LogP) is -0.315. The number of aliphatic hydroxyl groups excluding tert-OH is 1. The number of Topliss-reactive ketones (excluding diaryl/α,β-unsaturated/α-hetero) is 1. The van der Waals surface area contributed by atoms with Gasteiger partial charge in [0, 0.05) is 10.6 Å². The third-order valence-electron chi connectivity index (χ3n) is 7.94. The predicted molar refractivity (Wildman–Crippen MR) is 192 cm³/mol. The molecule has 2 rings (SSSR count). The molecular formula is C35H48ClN7O9. The highest BCUT2D eigenvalue weighted by atomic mass is 35.5. The highest BCUT2D eigenvalue weighted by Crippen LogP contribution is 2.22. The number of ether oxygens (including phenoxy) is 1. The third kappa shape index (κ3) is 13.3. The van der Waals surface area contributed by atoms with Gasteiger partial charge in [0.25, 0.3) is 11.7 Å². The first-order valence-corrected chi connectivity index (χ1v) is 17.1. The van der Waals surface area contributed by atoms with Gasteiger partial charge in [-0.3, -0.25) is 28.8 Å². The topological polar surface area (TPSA) is 261 Å². The molecule has 10 N–H and O–H groups in total. The van der Waals surface area contributed by atoms with Gasteiger partial charge < -0.3 is 47.9 Å². The maximum atomic E-state index is 13.3. The largest absolute Gasteiger partial charge is 0.463 e. The van der Waals surface area contributed by atoms with Crippen molar-refractivity contribution in [3.05, 3.63) is 59.1 Å². The average molecular weight is 746 g/mol. The van der Waals surface area contributed by atoms with Gasteiger partial charge in [-0.2, -0.15) is 0 Å². The quantitative estimate of drug-likeness (QED) is 0.0495. The van der Waals surface area contributed by atoms with Crippen molar-refractivity contribution in [3.8, 4) is 11.1 Å². The van der Waals surface area contributed by atoms with E-state index in [1.165, 1.54) is 20.8 Å². The first-order chi connectivity index (χ1) is 24.6. The number of benzene rings is 2. The molecule has 16 nitrogen and oxygen atoms in total. The maximum absolute atomic E-state index is 13.3. The number of halogens is 1. The van der Waals surface area contributed by atoms with Crippen molar-refractivity contribution in [3.63, 3.8) is 0 Å². The van der Waals surface area contributed by atoms with Crippen LogP contribution in [0.15, 0.2) is 48.5 Å². The second-order valence-corrected chi connectivity index (χ2v) is 12.5. The van der Waals surface area contributed by atoms with Crippen molar-refractivity contribution in [2.45, 2.75) is 82.8 Å². The number of esters is 1. The van der Waals surface area contributed by atoms with E-state index in [4.69, 9.17) is 23.1 Å². The standard InChI is InChI=1S/C35H48ClN7O9/c1-19(29(45)35(51)52-4)39-32(48)26(7-5-6-17-37)41-30(46)20(2)40-34(50)28(21(3)44)43-33(49)27(16-18-38)42-31(47)24-10-8-22(9-11-24)23-12-14-25(36)15-13-23/h8-15,19-21,26-28,44H,5-7,16-18,37-38H2,1-4H3,(H,39,48)(H,40,50)(H,41,46)(H,42,47)(H,43,49). The molecule has 0 fully saturated rings. The molecule has 0 bridgehead atoms. The van der Waals surface area contributed by atoms with Crippen molar-refractivity contribution >= 4 is 52.9 Å². The summed E-state index contributed by atoms with van der Waals surface area (Å²) in [5.41, 5.74) is 13.2. The number of aliphatic hydroxyl groups is 1. The Bertz CT molecular complexity index is 1550. The molecule has 17 heteroatoms. The van der Waals surface area contributed by atoms with E-state index >= 15 is 0 Å². The van der Waals surface area contributed by atoms with Crippen LogP contribution >= 0.6 is 11.6 Å². The van der Waals surface area contributed by atoms with Gasteiger partial charge in [0.05, 0.1) is 19.3 Å². The van der Waals surface area contributed by atoms with Crippen LogP contribution in [-0.4, -0.2) is 103 Å². The van der Waals surface area contributed by atoms with Crippen molar-refractivity contribution in [2.75, 3.05) is 20.2 Å². The molecule has 0 aliphatic carbocycles. The summed E-state index contributed by atoms with van der Waals surface area (Å²) in [7, 11) is 1.02. The number of nitrogens with one attached hydrogen (secondary N) is 5. The number of unbranched alkanes of at least 4 members (excludes halogenated alkanes) is 1. The molecule has 0 aliphatic rings. The van der Waals surface area contributed by atoms with Gasteiger partial charge in [0.15, 0.2) is 0 Å². The Morgan fingerprint density at radius 1 is 0.673 bits per heavy atom. The molecule has 284 valence electrons. The Morgan fingerprint density at radius 2 is 1.21 bits per heavy atom. The Balaban J connectivity index is 2.08. The van der Waals surface area contributed by atoms with E-state index in [-0.39, 0.29) is 24.9 Å². The lowest BCUT2D eigenvalue weighted by atomic mass is 10.0. The monoisotopic (exact) mass is 745 g/mol. The van der Waals surface area contributed by atoms with Crippen LogP contribution in [0.4, 0.5) is 0 Å². The number of amides is 5. The molecule has 6 atom stereocenters. The van der Waals surface area contributed by atoms with Crippen LogP contribution in [0.1, 0.15) is 56.8 Å². The van der Waals surface area contributed by atoms with Crippen molar-refractivity contribution in [1.82, 2.24) is 26.6 Å². The summed E-state index contributed by atoms with van der Waals surface area (Å²) < 4.78 is 4.39.